The fraction of sp³-hybridized carbons (Fsp3) is 1.00. The van der Waals surface area contributed by atoms with Crippen LogP contribution >= 0.6 is 0 Å². The molecule has 2 unspecified atom stereocenters. The Hall–Kier alpha value is -0.160. The molecule has 0 saturated carbocycles. The number of likely N-dealkylation sites (N-methyl/N-ethyl adjacent to an activating group) is 1. The van der Waals surface area contributed by atoms with Gasteiger partial charge >= 0.3 is 0 Å². The lowest BCUT2D eigenvalue weighted by Gasteiger charge is -2.46. The van der Waals surface area contributed by atoms with Gasteiger partial charge in [0.15, 0.2) is 0 Å². The van der Waals surface area contributed by atoms with Gasteiger partial charge in [-0.2, -0.15) is 0 Å². The molecule has 1 aliphatic rings. The summed E-state index contributed by atoms with van der Waals surface area (Å²) in [6.07, 6.45) is 3.51. The maximum atomic E-state index is 6.02. The second-order valence-corrected chi connectivity index (χ2v) is 4.90. The van der Waals surface area contributed by atoms with Gasteiger partial charge in [-0.1, -0.05) is 6.92 Å². The summed E-state index contributed by atoms with van der Waals surface area (Å²) < 4.78 is 11.2. The summed E-state index contributed by atoms with van der Waals surface area (Å²) in [5.41, 5.74) is 6.13. The number of nitrogens with two attached hydrogens (primary N) is 1. The molecule has 0 aromatic heterocycles. The Morgan fingerprint density at radius 3 is 2.82 bits per heavy atom. The Morgan fingerprint density at radius 1 is 1.47 bits per heavy atom. The summed E-state index contributed by atoms with van der Waals surface area (Å²) in [4.78, 5) is 2.37. The van der Waals surface area contributed by atoms with Gasteiger partial charge in [-0.25, -0.2) is 0 Å². The fourth-order valence-corrected chi connectivity index (χ4v) is 2.53. The molecule has 0 aromatic rings. The highest BCUT2D eigenvalue weighted by atomic mass is 16.5. The predicted molar refractivity (Wildman–Crippen MR) is 70.2 cm³/mol. The molecule has 1 fully saturated rings. The lowest BCUT2D eigenvalue weighted by Crippen LogP contribution is -2.57. The van der Waals surface area contributed by atoms with Crippen LogP contribution in [-0.2, 0) is 9.47 Å². The van der Waals surface area contributed by atoms with E-state index in [4.69, 9.17) is 15.2 Å². The van der Waals surface area contributed by atoms with Crippen LogP contribution in [0.25, 0.3) is 0 Å². The van der Waals surface area contributed by atoms with Gasteiger partial charge in [0.2, 0.25) is 0 Å². The Bertz CT molecular complexity index is 214. The summed E-state index contributed by atoms with van der Waals surface area (Å²) in [6.45, 7) is 8.25. The third-order valence-corrected chi connectivity index (χ3v) is 3.95. The molecule has 0 aliphatic carbocycles. The van der Waals surface area contributed by atoms with Crippen molar-refractivity contribution in [1.29, 1.82) is 0 Å². The van der Waals surface area contributed by atoms with E-state index >= 15 is 0 Å². The second kappa shape index (κ2) is 7.31. The van der Waals surface area contributed by atoms with Crippen LogP contribution in [0.3, 0.4) is 0 Å². The van der Waals surface area contributed by atoms with Gasteiger partial charge in [-0.3, -0.25) is 4.90 Å². The normalized spacial score (nSPS) is 29.8. The highest BCUT2D eigenvalue weighted by Gasteiger charge is 2.38. The quantitative estimate of drug-likeness (QED) is 0.685. The lowest BCUT2D eigenvalue weighted by molar-refractivity contribution is -0.0693. The van der Waals surface area contributed by atoms with E-state index in [0.717, 1.165) is 45.6 Å². The van der Waals surface area contributed by atoms with Crippen molar-refractivity contribution in [3.63, 3.8) is 0 Å². The average molecular weight is 244 g/mol. The van der Waals surface area contributed by atoms with Crippen molar-refractivity contribution < 1.29 is 9.47 Å². The zero-order valence-corrected chi connectivity index (χ0v) is 11.6. The summed E-state index contributed by atoms with van der Waals surface area (Å²) >= 11 is 0. The van der Waals surface area contributed by atoms with Crippen molar-refractivity contribution in [2.45, 2.75) is 44.8 Å². The minimum atomic E-state index is 0.107. The molecular weight excluding hydrogens is 216 g/mol. The highest BCUT2D eigenvalue weighted by Crippen LogP contribution is 2.30. The summed E-state index contributed by atoms with van der Waals surface area (Å²) in [6, 6.07) is 0. The van der Waals surface area contributed by atoms with Crippen LogP contribution < -0.4 is 5.73 Å². The van der Waals surface area contributed by atoms with Crippen LogP contribution in [0.15, 0.2) is 0 Å². The molecule has 0 spiro atoms. The monoisotopic (exact) mass is 244 g/mol. The second-order valence-electron chi connectivity index (χ2n) is 4.90. The molecule has 1 heterocycles. The SMILES string of the molecule is CCOCCN(C)C1(CN)CCOC(CC)C1. The molecule has 4 heteroatoms. The van der Waals surface area contributed by atoms with Gasteiger partial charge in [-0.15, -0.1) is 0 Å². The molecule has 2 atom stereocenters. The Kier molecular flexibility index (Phi) is 6.41. The molecule has 0 bridgehead atoms. The van der Waals surface area contributed by atoms with E-state index in [1.165, 1.54) is 0 Å². The zero-order chi connectivity index (χ0) is 12.7. The average Bonchev–Trinajstić information content (AvgIpc) is 2.38. The lowest BCUT2D eigenvalue weighted by atomic mass is 9.84. The molecular formula is C13H28N2O2. The van der Waals surface area contributed by atoms with Crippen LogP contribution in [0, 0.1) is 0 Å². The summed E-state index contributed by atoms with van der Waals surface area (Å²) in [5.74, 6) is 0. The third-order valence-electron chi connectivity index (χ3n) is 3.95. The first-order valence-corrected chi connectivity index (χ1v) is 6.79. The Balaban J connectivity index is 2.53. The van der Waals surface area contributed by atoms with E-state index in [0.29, 0.717) is 12.6 Å². The van der Waals surface area contributed by atoms with Crippen LogP contribution in [0.5, 0.6) is 0 Å². The predicted octanol–water partition coefficient (Wildman–Crippen LogP) is 1.24. The van der Waals surface area contributed by atoms with E-state index in [9.17, 15) is 0 Å². The minimum Gasteiger partial charge on any atom is -0.380 e. The van der Waals surface area contributed by atoms with Gasteiger partial charge in [0, 0.05) is 31.8 Å². The van der Waals surface area contributed by atoms with E-state index in [2.05, 4.69) is 18.9 Å². The molecule has 0 radical (unpaired) electrons. The van der Waals surface area contributed by atoms with Crippen molar-refractivity contribution in [3.8, 4) is 0 Å². The molecule has 102 valence electrons. The van der Waals surface area contributed by atoms with E-state index in [1.807, 2.05) is 6.92 Å². The third kappa shape index (κ3) is 3.91. The Labute approximate surface area is 105 Å². The van der Waals surface area contributed by atoms with Gasteiger partial charge in [-0.05, 0) is 33.2 Å². The first-order chi connectivity index (χ1) is 8.18. The van der Waals surface area contributed by atoms with Gasteiger partial charge in [0.05, 0.1) is 12.7 Å². The fourth-order valence-electron chi connectivity index (χ4n) is 2.53. The van der Waals surface area contributed by atoms with Crippen LogP contribution in [0.2, 0.25) is 0 Å². The van der Waals surface area contributed by atoms with E-state index in [-0.39, 0.29) is 5.54 Å². The van der Waals surface area contributed by atoms with Crippen molar-refractivity contribution in [2.75, 3.05) is 40.0 Å². The summed E-state index contributed by atoms with van der Waals surface area (Å²) in [7, 11) is 2.16. The van der Waals surface area contributed by atoms with Crippen LogP contribution in [0.4, 0.5) is 0 Å². The van der Waals surface area contributed by atoms with Gasteiger partial charge in [0.1, 0.15) is 0 Å². The maximum absolute atomic E-state index is 6.02. The van der Waals surface area contributed by atoms with Gasteiger partial charge in [0.25, 0.3) is 0 Å². The topological polar surface area (TPSA) is 47.7 Å². The maximum Gasteiger partial charge on any atom is 0.0593 e. The standard InChI is InChI=1S/C13H28N2O2/c1-4-12-10-13(11-14,6-8-17-12)15(3)7-9-16-5-2/h12H,4-11,14H2,1-3H3. The van der Waals surface area contributed by atoms with E-state index in [1.54, 1.807) is 0 Å². The number of nitrogens with zero attached hydrogens (tertiary/aromatic N) is 1. The largest absolute Gasteiger partial charge is 0.380 e. The molecule has 1 aliphatic heterocycles. The molecule has 17 heavy (non-hydrogen) atoms. The first kappa shape index (κ1) is 14.9. The number of rotatable bonds is 7. The number of hydrogen-bond acceptors (Lipinski definition) is 4. The molecule has 0 amide bonds. The smallest absolute Gasteiger partial charge is 0.0593 e. The highest BCUT2D eigenvalue weighted by molar-refractivity contribution is 4.95. The molecule has 2 N–H and O–H groups in total. The zero-order valence-electron chi connectivity index (χ0n) is 11.6. The van der Waals surface area contributed by atoms with Crippen molar-refractivity contribution in [3.05, 3.63) is 0 Å². The Morgan fingerprint density at radius 2 is 2.24 bits per heavy atom. The minimum absolute atomic E-state index is 0.107. The number of ether oxygens (including phenoxy) is 2. The van der Waals surface area contributed by atoms with Crippen LogP contribution in [0.1, 0.15) is 33.1 Å². The van der Waals surface area contributed by atoms with E-state index < -0.39 is 0 Å². The first-order valence-electron chi connectivity index (χ1n) is 6.79. The molecule has 1 saturated heterocycles. The molecule has 4 nitrogen and oxygen atoms in total. The van der Waals surface area contributed by atoms with Crippen molar-refractivity contribution >= 4 is 0 Å². The number of hydrogen-bond donors (Lipinski definition) is 1. The van der Waals surface area contributed by atoms with Crippen LogP contribution in [-0.4, -0.2) is 56.5 Å². The van der Waals surface area contributed by atoms with Crippen molar-refractivity contribution in [1.82, 2.24) is 4.90 Å². The van der Waals surface area contributed by atoms with Crippen molar-refractivity contribution in [2.24, 2.45) is 5.73 Å². The molecule has 1 rings (SSSR count). The van der Waals surface area contributed by atoms with Gasteiger partial charge < -0.3 is 15.2 Å². The molecule has 0 aromatic carbocycles. The summed E-state index contributed by atoms with van der Waals surface area (Å²) in [5, 5.41) is 0.